The van der Waals surface area contributed by atoms with E-state index in [1.165, 1.54) is 0 Å². The van der Waals surface area contributed by atoms with Crippen molar-refractivity contribution in [1.82, 2.24) is 4.98 Å². The minimum Gasteiger partial charge on any atom is -0.493 e. The minimum atomic E-state index is -0.124. The first-order valence-electron chi connectivity index (χ1n) is 4.91. The van der Waals surface area contributed by atoms with Crippen molar-refractivity contribution in [2.45, 2.75) is 6.92 Å². The van der Waals surface area contributed by atoms with Crippen LogP contribution < -0.4 is 15.0 Å². The predicted octanol–water partition coefficient (Wildman–Crippen LogP) is 1.85. The number of aryl methyl sites for hydroxylation is 1. The number of nitrogens with one attached hydrogen (secondary N) is 1. The summed E-state index contributed by atoms with van der Waals surface area (Å²) >= 11 is 0. The van der Waals surface area contributed by atoms with Crippen molar-refractivity contribution < 1.29 is 9.47 Å². The lowest BCUT2D eigenvalue weighted by Crippen LogP contribution is -2.06. The second kappa shape index (κ2) is 3.89. The first-order valence-corrected chi connectivity index (χ1v) is 4.91. The summed E-state index contributed by atoms with van der Waals surface area (Å²) in [5.41, 5.74) is 0.872. The zero-order valence-corrected chi connectivity index (χ0v) is 9.46. The molecule has 0 aliphatic carbocycles. The van der Waals surface area contributed by atoms with E-state index in [0.717, 1.165) is 10.9 Å². The monoisotopic (exact) mass is 219 g/mol. The van der Waals surface area contributed by atoms with E-state index >= 15 is 0 Å². The Balaban J connectivity index is 2.88. The number of pyridine rings is 1. The Morgan fingerprint density at radius 3 is 2.19 bits per heavy atom. The Labute approximate surface area is 92.8 Å². The van der Waals surface area contributed by atoms with Crippen LogP contribution in [-0.4, -0.2) is 19.2 Å². The molecule has 0 fully saturated rings. The third-order valence-electron chi connectivity index (χ3n) is 2.61. The highest BCUT2D eigenvalue weighted by Gasteiger charge is 2.09. The normalized spacial score (nSPS) is 10.4. The van der Waals surface area contributed by atoms with Crippen molar-refractivity contribution in [2.24, 2.45) is 0 Å². The highest BCUT2D eigenvalue weighted by molar-refractivity contribution is 5.87. The van der Waals surface area contributed by atoms with Crippen LogP contribution >= 0.6 is 0 Å². The molecule has 0 unspecified atom stereocenters. The summed E-state index contributed by atoms with van der Waals surface area (Å²) < 4.78 is 10.4. The molecule has 0 aliphatic heterocycles. The molecule has 84 valence electrons. The molecule has 4 nitrogen and oxygen atoms in total. The highest BCUT2D eigenvalue weighted by atomic mass is 16.5. The molecular formula is C12H13NO3. The number of aromatic nitrogens is 1. The van der Waals surface area contributed by atoms with Gasteiger partial charge >= 0.3 is 0 Å². The molecule has 4 heteroatoms. The second-order valence-electron chi connectivity index (χ2n) is 3.55. The van der Waals surface area contributed by atoms with Gasteiger partial charge in [0.05, 0.1) is 19.6 Å². The Bertz CT molecular complexity index is 587. The number of hydrogen-bond donors (Lipinski definition) is 1. The van der Waals surface area contributed by atoms with Crippen molar-refractivity contribution in [3.63, 3.8) is 0 Å². The fourth-order valence-electron chi connectivity index (χ4n) is 1.72. The molecule has 0 saturated carbocycles. The second-order valence-corrected chi connectivity index (χ2v) is 3.55. The largest absolute Gasteiger partial charge is 0.493 e. The van der Waals surface area contributed by atoms with Crippen LogP contribution in [0.3, 0.4) is 0 Å². The van der Waals surface area contributed by atoms with E-state index in [-0.39, 0.29) is 5.56 Å². The summed E-state index contributed by atoms with van der Waals surface area (Å²) in [5, 5.41) is 1.49. The van der Waals surface area contributed by atoms with E-state index < -0.39 is 0 Å². The number of ether oxygens (including phenoxy) is 2. The minimum absolute atomic E-state index is 0.124. The first kappa shape index (κ1) is 10.5. The van der Waals surface area contributed by atoms with Crippen LogP contribution in [0, 0.1) is 6.92 Å². The lowest BCUT2D eigenvalue weighted by Gasteiger charge is -2.09. The van der Waals surface area contributed by atoms with Crippen molar-refractivity contribution in [3.05, 3.63) is 34.2 Å². The molecule has 0 bridgehead atoms. The topological polar surface area (TPSA) is 51.3 Å². The van der Waals surface area contributed by atoms with Crippen LogP contribution in [0.25, 0.3) is 10.8 Å². The molecule has 1 heterocycles. The van der Waals surface area contributed by atoms with Crippen LogP contribution in [0.4, 0.5) is 0 Å². The average molecular weight is 219 g/mol. The number of methoxy groups -OCH3 is 2. The average Bonchev–Trinajstić information content (AvgIpc) is 2.32. The standard InChI is InChI=1S/C12H13NO3/c1-7-6-13-12(14)9-5-11(16-3)10(15-2)4-8(7)9/h4-6H,1-3H3,(H,13,14). The van der Waals surface area contributed by atoms with Gasteiger partial charge in [0.15, 0.2) is 11.5 Å². The van der Waals surface area contributed by atoms with Crippen LogP contribution in [0.1, 0.15) is 5.56 Å². The van der Waals surface area contributed by atoms with Crippen molar-refractivity contribution in [2.75, 3.05) is 14.2 Å². The number of aromatic amines is 1. The predicted molar refractivity (Wildman–Crippen MR) is 62.4 cm³/mol. The van der Waals surface area contributed by atoms with E-state index in [1.54, 1.807) is 26.5 Å². The van der Waals surface area contributed by atoms with Gasteiger partial charge in [-0.3, -0.25) is 4.79 Å². The number of benzene rings is 1. The smallest absolute Gasteiger partial charge is 0.255 e. The molecule has 2 aromatic rings. The quantitative estimate of drug-likeness (QED) is 0.838. The number of rotatable bonds is 2. The number of fused-ring (bicyclic) bond motifs is 1. The molecule has 0 radical (unpaired) electrons. The van der Waals surface area contributed by atoms with Crippen molar-refractivity contribution in [3.8, 4) is 11.5 Å². The molecule has 0 atom stereocenters. The van der Waals surface area contributed by atoms with Crippen molar-refractivity contribution >= 4 is 10.8 Å². The van der Waals surface area contributed by atoms with E-state index in [0.29, 0.717) is 16.9 Å². The molecule has 2 rings (SSSR count). The van der Waals surface area contributed by atoms with E-state index in [9.17, 15) is 4.79 Å². The summed E-state index contributed by atoms with van der Waals surface area (Å²) in [6.07, 6.45) is 1.69. The Morgan fingerprint density at radius 2 is 1.62 bits per heavy atom. The number of H-pyrrole nitrogens is 1. The molecular weight excluding hydrogens is 206 g/mol. The zero-order chi connectivity index (χ0) is 11.7. The van der Waals surface area contributed by atoms with E-state index in [2.05, 4.69) is 4.98 Å². The third kappa shape index (κ3) is 1.52. The molecule has 1 aromatic carbocycles. The summed E-state index contributed by atoms with van der Waals surface area (Å²) in [5.74, 6) is 1.19. The number of hydrogen-bond acceptors (Lipinski definition) is 3. The molecule has 0 saturated heterocycles. The van der Waals surface area contributed by atoms with Gasteiger partial charge in [0.2, 0.25) is 0 Å². The Morgan fingerprint density at radius 1 is 1.06 bits per heavy atom. The van der Waals surface area contributed by atoms with Gasteiger partial charge in [-0.15, -0.1) is 0 Å². The fourth-order valence-corrected chi connectivity index (χ4v) is 1.72. The highest BCUT2D eigenvalue weighted by Crippen LogP contribution is 2.31. The van der Waals surface area contributed by atoms with E-state index in [4.69, 9.17) is 9.47 Å². The fraction of sp³-hybridized carbons (Fsp3) is 0.250. The zero-order valence-electron chi connectivity index (χ0n) is 9.46. The summed E-state index contributed by atoms with van der Waals surface area (Å²) in [6, 6.07) is 3.51. The van der Waals surface area contributed by atoms with Gasteiger partial charge in [-0.05, 0) is 30.0 Å². The molecule has 1 N–H and O–H groups in total. The van der Waals surface area contributed by atoms with Crippen LogP contribution in [0.2, 0.25) is 0 Å². The van der Waals surface area contributed by atoms with Crippen LogP contribution in [0.15, 0.2) is 23.1 Å². The molecule has 1 aromatic heterocycles. The molecule has 0 spiro atoms. The Kier molecular flexibility index (Phi) is 2.56. The van der Waals surface area contributed by atoms with Gasteiger partial charge in [0.25, 0.3) is 5.56 Å². The van der Waals surface area contributed by atoms with Gasteiger partial charge in [0.1, 0.15) is 0 Å². The lowest BCUT2D eigenvalue weighted by molar-refractivity contribution is 0.356. The van der Waals surface area contributed by atoms with Gasteiger partial charge in [-0.2, -0.15) is 0 Å². The lowest BCUT2D eigenvalue weighted by atomic mass is 10.1. The van der Waals surface area contributed by atoms with Gasteiger partial charge in [-0.1, -0.05) is 0 Å². The van der Waals surface area contributed by atoms with Crippen LogP contribution in [-0.2, 0) is 0 Å². The maximum atomic E-state index is 11.6. The van der Waals surface area contributed by atoms with Gasteiger partial charge < -0.3 is 14.5 Å². The van der Waals surface area contributed by atoms with Crippen molar-refractivity contribution in [1.29, 1.82) is 0 Å². The van der Waals surface area contributed by atoms with E-state index in [1.807, 2.05) is 13.0 Å². The Hall–Kier alpha value is -1.97. The maximum absolute atomic E-state index is 11.6. The van der Waals surface area contributed by atoms with Gasteiger partial charge in [-0.25, -0.2) is 0 Å². The maximum Gasteiger partial charge on any atom is 0.255 e. The molecule has 0 amide bonds. The summed E-state index contributed by atoms with van der Waals surface area (Å²) in [6.45, 7) is 1.93. The van der Waals surface area contributed by atoms with Crippen LogP contribution in [0.5, 0.6) is 11.5 Å². The third-order valence-corrected chi connectivity index (χ3v) is 2.61. The van der Waals surface area contributed by atoms with Gasteiger partial charge in [0, 0.05) is 6.20 Å². The summed E-state index contributed by atoms with van der Waals surface area (Å²) in [4.78, 5) is 14.3. The molecule has 16 heavy (non-hydrogen) atoms. The SMILES string of the molecule is COc1cc2c(C)c[nH]c(=O)c2cc1OC. The molecule has 0 aliphatic rings. The first-order chi connectivity index (χ1) is 7.67. The summed E-state index contributed by atoms with van der Waals surface area (Å²) in [7, 11) is 3.12.